The van der Waals surface area contributed by atoms with E-state index in [1.165, 1.54) is 40.6 Å². The summed E-state index contributed by atoms with van der Waals surface area (Å²) >= 11 is 0. The lowest BCUT2D eigenvalue weighted by Crippen LogP contribution is -2.35. The fraction of sp³-hybridized carbons (Fsp3) is 0.300. The maximum Gasteiger partial charge on any atom is 0.189 e. The smallest absolute Gasteiger partial charge is 0.189 e. The van der Waals surface area contributed by atoms with Gasteiger partial charge in [0.1, 0.15) is 5.69 Å². The standard InChI is InChI=1S/C20H22N6/c1-12-6-7-14-15(18(20(2)8-9-20)22-17(14)10-12)11-13-4-3-5-16(21-13)19-23-25-26-24-19/h3-7,10,22,25-26H,8-9,11H2,1-2H3,(H,23,24). The summed E-state index contributed by atoms with van der Waals surface area (Å²) in [5.74, 6) is 0.704. The summed E-state index contributed by atoms with van der Waals surface area (Å²) in [4.78, 5) is 8.52. The fourth-order valence-corrected chi connectivity index (χ4v) is 3.72. The molecule has 2 aliphatic rings. The number of aromatic amines is 1. The molecule has 1 aliphatic carbocycles. The molecule has 0 amide bonds. The SMILES string of the molecule is Cc1ccc2c(Cc3cccc(C4=NNNN4)n3)c(C3(C)CC3)[nH]c2c1. The van der Waals surface area contributed by atoms with Gasteiger partial charge in [-0.1, -0.05) is 25.1 Å². The van der Waals surface area contributed by atoms with Crippen molar-refractivity contribution in [1.82, 2.24) is 26.5 Å². The van der Waals surface area contributed by atoms with E-state index < -0.39 is 0 Å². The Bertz CT molecular complexity index is 1030. The molecule has 0 atom stereocenters. The van der Waals surface area contributed by atoms with E-state index in [4.69, 9.17) is 4.98 Å². The lowest BCUT2D eigenvalue weighted by Gasteiger charge is -2.11. The summed E-state index contributed by atoms with van der Waals surface area (Å²) < 4.78 is 0. The highest BCUT2D eigenvalue weighted by molar-refractivity contribution is 5.97. The number of amidine groups is 1. The number of pyridine rings is 1. The summed E-state index contributed by atoms with van der Waals surface area (Å²) in [6.07, 6.45) is 3.31. The molecule has 1 aromatic carbocycles. The number of nitrogens with one attached hydrogen (secondary N) is 4. The molecule has 3 heterocycles. The molecule has 2 aromatic heterocycles. The zero-order valence-corrected chi connectivity index (χ0v) is 15.0. The number of aromatic nitrogens is 2. The molecule has 1 aliphatic heterocycles. The van der Waals surface area contributed by atoms with E-state index in [0.29, 0.717) is 5.84 Å². The maximum atomic E-state index is 4.81. The van der Waals surface area contributed by atoms with Crippen molar-refractivity contribution in [3.05, 3.63) is 64.6 Å². The van der Waals surface area contributed by atoms with Crippen LogP contribution in [0, 0.1) is 6.92 Å². The average Bonchev–Trinajstić information content (AvgIpc) is 3.06. The Labute approximate surface area is 152 Å². The van der Waals surface area contributed by atoms with Gasteiger partial charge in [0.2, 0.25) is 0 Å². The van der Waals surface area contributed by atoms with Crippen LogP contribution in [0.3, 0.4) is 0 Å². The molecule has 26 heavy (non-hydrogen) atoms. The van der Waals surface area contributed by atoms with Gasteiger partial charge in [-0.3, -0.25) is 5.43 Å². The Morgan fingerprint density at radius 3 is 2.81 bits per heavy atom. The number of nitrogens with zero attached hydrogens (tertiary/aromatic N) is 2. The molecule has 5 rings (SSSR count). The van der Waals surface area contributed by atoms with Gasteiger partial charge in [-0.2, -0.15) is 0 Å². The van der Waals surface area contributed by atoms with Crippen molar-refractivity contribution in [2.24, 2.45) is 5.10 Å². The predicted molar refractivity (Wildman–Crippen MR) is 103 cm³/mol. The van der Waals surface area contributed by atoms with E-state index in [1.54, 1.807) is 0 Å². The first-order chi connectivity index (χ1) is 12.6. The first kappa shape index (κ1) is 15.4. The maximum absolute atomic E-state index is 4.81. The second-order valence-electron chi connectivity index (χ2n) is 7.60. The van der Waals surface area contributed by atoms with Crippen LogP contribution < -0.4 is 16.5 Å². The monoisotopic (exact) mass is 346 g/mol. The van der Waals surface area contributed by atoms with Crippen molar-refractivity contribution in [2.45, 2.75) is 38.5 Å². The fourth-order valence-electron chi connectivity index (χ4n) is 3.72. The molecular weight excluding hydrogens is 324 g/mol. The Morgan fingerprint density at radius 2 is 2.04 bits per heavy atom. The van der Waals surface area contributed by atoms with Crippen molar-refractivity contribution >= 4 is 16.7 Å². The first-order valence-corrected chi connectivity index (χ1v) is 9.04. The molecule has 6 nitrogen and oxygen atoms in total. The Morgan fingerprint density at radius 1 is 1.15 bits per heavy atom. The third kappa shape index (κ3) is 2.54. The number of hydrogen-bond donors (Lipinski definition) is 4. The van der Waals surface area contributed by atoms with Crippen molar-refractivity contribution < 1.29 is 0 Å². The minimum atomic E-state index is 0.283. The number of benzene rings is 1. The topological polar surface area (TPSA) is 77.1 Å². The average molecular weight is 346 g/mol. The lowest BCUT2D eigenvalue weighted by molar-refractivity contribution is 0.577. The molecule has 0 spiro atoms. The molecule has 1 saturated carbocycles. The normalized spacial score (nSPS) is 17.7. The van der Waals surface area contributed by atoms with Crippen molar-refractivity contribution in [3.63, 3.8) is 0 Å². The summed E-state index contributed by atoms with van der Waals surface area (Å²) in [7, 11) is 0. The highest BCUT2D eigenvalue weighted by atomic mass is 15.8. The van der Waals surface area contributed by atoms with Crippen LogP contribution in [0.15, 0.2) is 41.5 Å². The molecule has 4 N–H and O–H groups in total. The zero-order chi connectivity index (χ0) is 17.7. The molecule has 0 radical (unpaired) electrons. The van der Waals surface area contributed by atoms with Crippen LogP contribution in [0.2, 0.25) is 0 Å². The molecule has 1 fully saturated rings. The quantitative estimate of drug-likeness (QED) is 0.586. The van der Waals surface area contributed by atoms with E-state index in [9.17, 15) is 0 Å². The summed E-state index contributed by atoms with van der Waals surface area (Å²) in [5.41, 5.74) is 15.8. The second-order valence-corrected chi connectivity index (χ2v) is 7.60. The van der Waals surface area contributed by atoms with Crippen LogP contribution in [0.4, 0.5) is 0 Å². The molecule has 132 valence electrons. The van der Waals surface area contributed by atoms with Gasteiger partial charge < -0.3 is 4.98 Å². The summed E-state index contributed by atoms with van der Waals surface area (Å²) in [6.45, 7) is 4.49. The van der Waals surface area contributed by atoms with Gasteiger partial charge in [0.25, 0.3) is 0 Å². The van der Waals surface area contributed by atoms with Gasteiger partial charge in [-0.15, -0.1) is 10.6 Å². The number of fused-ring (bicyclic) bond motifs is 1. The first-order valence-electron chi connectivity index (χ1n) is 9.04. The van der Waals surface area contributed by atoms with Crippen molar-refractivity contribution in [2.75, 3.05) is 0 Å². The molecule has 0 bridgehead atoms. The lowest BCUT2D eigenvalue weighted by atomic mass is 9.96. The van der Waals surface area contributed by atoms with E-state index in [1.807, 2.05) is 12.1 Å². The van der Waals surface area contributed by atoms with E-state index in [0.717, 1.165) is 17.8 Å². The highest BCUT2D eigenvalue weighted by Gasteiger charge is 2.42. The van der Waals surface area contributed by atoms with E-state index in [-0.39, 0.29) is 5.41 Å². The van der Waals surface area contributed by atoms with Gasteiger partial charge in [0.05, 0.1) is 0 Å². The van der Waals surface area contributed by atoms with Crippen molar-refractivity contribution in [3.8, 4) is 0 Å². The van der Waals surface area contributed by atoms with Crippen molar-refractivity contribution in [1.29, 1.82) is 0 Å². The molecule has 6 heteroatoms. The minimum absolute atomic E-state index is 0.283. The van der Waals surface area contributed by atoms with Crippen LogP contribution >= 0.6 is 0 Å². The van der Waals surface area contributed by atoms with Crippen LogP contribution in [-0.2, 0) is 11.8 Å². The molecule has 3 aromatic rings. The Kier molecular flexibility index (Phi) is 3.30. The van der Waals surface area contributed by atoms with E-state index in [2.05, 4.69) is 64.7 Å². The number of hydrazine groups is 2. The number of rotatable bonds is 4. The van der Waals surface area contributed by atoms with E-state index >= 15 is 0 Å². The largest absolute Gasteiger partial charge is 0.358 e. The number of H-pyrrole nitrogens is 1. The van der Waals surface area contributed by atoms with Crippen LogP contribution in [0.25, 0.3) is 10.9 Å². The zero-order valence-electron chi connectivity index (χ0n) is 15.0. The Hall–Kier alpha value is -2.86. The molecular formula is C20H22N6. The van der Waals surface area contributed by atoms with Gasteiger partial charge in [0.15, 0.2) is 5.84 Å². The van der Waals surface area contributed by atoms with Crippen LogP contribution in [0.5, 0.6) is 0 Å². The van der Waals surface area contributed by atoms with Gasteiger partial charge >= 0.3 is 0 Å². The predicted octanol–water partition coefficient (Wildman–Crippen LogP) is 2.79. The van der Waals surface area contributed by atoms with Gasteiger partial charge in [0, 0.05) is 34.1 Å². The summed E-state index contributed by atoms with van der Waals surface area (Å²) in [5, 5.41) is 5.46. The third-order valence-corrected chi connectivity index (χ3v) is 5.48. The third-order valence-electron chi connectivity index (χ3n) is 5.48. The molecule has 0 saturated heterocycles. The molecule has 0 unspecified atom stereocenters. The van der Waals surface area contributed by atoms with Crippen LogP contribution in [0.1, 0.15) is 48.0 Å². The summed E-state index contributed by atoms with van der Waals surface area (Å²) in [6, 6.07) is 12.8. The second kappa shape index (κ2) is 5.57. The highest BCUT2D eigenvalue weighted by Crippen LogP contribution is 2.50. The number of aryl methyl sites for hydroxylation is 1. The number of hydrazone groups is 1. The number of hydrogen-bond acceptors (Lipinski definition) is 5. The Balaban J connectivity index is 1.58. The minimum Gasteiger partial charge on any atom is -0.358 e. The van der Waals surface area contributed by atoms with Crippen LogP contribution in [-0.4, -0.2) is 15.8 Å². The van der Waals surface area contributed by atoms with Gasteiger partial charge in [-0.25, -0.2) is 10.5 Å². The van der Waals surface area contributed by atoms with Gasteiger partial charge in [-0.05, 0) is 49.1 Å².